The van der Waals surface area contributed by atoms with Gasteiger partial charge in [-0.15, -0.1) is 11.3 Å². The fraction of sp³-hybridized carbons (Fsp3) is 0.154. The number of anilines is 1. The van der Waals surface area contributed by atoms with Crippen molar-refractivity contribution in [3.63, 3.8) is 0 Å². The van der Waals surface area contributed by atoms with Gasteiger partial charge in [-0.25, -0.2) is 13.8 Å². The minimum atomic E-state index is -1.00. The molecule has 1 aliphatic heterocycles. The molecule has 3 aromatic heterocycles. The zero-order chi connectivity index (χ0) is 26.1. The summed E-state index contributed by atoms with van der Waals surface area (Å²) in [6.07, 6.45) is 2.93. The number of nitrogens with two attached hydrogens (primary N) is 1. The Bertz CT molecular complexity index is 1580. The standard InChI is InChI=1S/C26H21F2N5O3S/c27-20-5-3-14(8-21(20)28)13-33-7-1-2-17(26(33)36)25(35)32-11-16-4-6-22(37-16)19-12-31-24-18(19)9-15(10-30-24)23(29)34/h1-10,19H,11-13H2,(H2,29,34)(H,30,31)(H,32,35). The van der Waals surface area contributed by atoms with Gasteiger partial charge in [-0.3, -0.25) is 14.4 Å². The van der Waals surface area contributed by atoms with Crippen molar-refractivity contribution in [1.29, 1.82) is 0 Å². The molecular weight excluding hydrogens is 500 g/mol. The van der Waals surface area contributed by atoms with Crippen molar-refractivity contribution in [3.8, 4) is 0 Å². The van der Waals surface area contributed by atoms with Gasteiger partial charge in [-0.2, -0.15) is 0 Å². The summed E-state index contributed by atoms with van der Waals surface area (Å²) in [6.45, 7) is 0.834. The van der Waals surface area contributed by atoms with E-state index in [1.54, 1.807) is 12.1 Å². The van der Waals surface area contributed by atoms with Crippen molar-refractivity contribution in [2.24, 2.45) is 5.73 Å². The summed E-state index contributed by atoms with van der Waals surface area (Å²) < 4.78 is 28.0. The smallest absolute Gasteiger partial charge is 0.263 e. The Morgan fingerprint density at radius 3 is 2.78 bits per heavy atom. The van der Waals surface area contributed by atoms with Gasteiger partial charge in [0.25, 0.3) is 11.5 Å². The van der Waals surface area contributed by atoms with Crippen LogP contribution in [-0.4, -0.2) is 27.9 Å². The van der Waals surface area contributed by atoms with Crippen LogP contribution in [0.3, 0.4) is 0 Å². The highest BCUT2D eigenvalue weighted by Crippen LogP contribution is 2.38. The second kappa shape index (κ2) is 9.94. The van der Waals surface area contributed by atoms with E-state index in [0.29, 0.717) is 23.5 Å². The van der Waals surface area contributed by atoms with Gasteiger partial charge in [-0.05, 0) is 48.0 Å². The van der Waals surface area contributed by atoms with Crippen molar-refractivity contribution in [3.05, 3.63) is 115 Å². The number of primary amides is 1. The molecule has 0 saturated heterocycles. The Morgan fingerprint density at radius 2 is 2.00 bits per heavy atom. The molecule has 1 aliphatic rings. The molecule has 37 heavy (non-hydrogen) atoms. The van der Waals surface area contributed by atoms with Crippen molar-refractivity contribution < 1.29 is 18.4 Å². The lowest BCUT2D eigenvalue weighted by Gasteiger charge is -2.09. The maximum atomic E-state index is 13.5. The Hall–Kier alpha value is -4.38. The van der Waals surface area contributed by atoms with E-state index in [2.05, 4.69) is 15.6 Å². The van der Waals surface area contributed by atoms with Crippen molar-refractivity contribution in [2.45, 2.75) is 19.0 Å². The van der Waals surface area contributed by atoms with E-state index in [-0.39, 0.29) is 24.6 Å². The van der Waals surface area contributed by atoms with Gasteiger partial charge in [0.15, 0.2) is 11.6 Å². The van der Waals surface area contributed by atoms with Gasteiger partial charge in [-0.1, -0.05) is 6.07 Å². The summed E-state index contributed by atoms with van der Waals surface area (Å²) in [6, 6.07) is 12.0. The lowest BCUT2D eigenvalue weighted by atomic mass is 10.00. The highest BCUT2D eigenvalue weighted by Gasteiger charge is 2.27. The molecule has 0 radical (unpaired) electrons. The number of rotatable bonds is 7. The third-order valence-corrected chi connectivity index (χ3v) is 7.30. The predicted molar refractivity (Wildman–Crippen MR) is 135 cm³/mol. The average Bonchev–Trinajstić information content (AvgIpc) is 3.52. The Balaban J connectivity index is 1.27. The number of pyridine rings is 2. The molecule has 1 atom stereocenters. The number of benzene rings is 1. The summed E-state index contributed by atoms with van der Waals surface area (Å²) >= 11 is 1.51. The Kier molecular flexibility index (Phi) is 6.53. The number of aromatic nitrogens is 2. The number of nitrogens with one attached hydrogen (secondary N) is 2. The number of hydrogen-bond donors (Lipinski definition) is 3. The number of hydrogen-bond acceptors (Lipinski definition) is 6. The largest absolute Gasteiger partial charge is 0.369 e. The minimum Gasteiger partial charge on any atom is -0.369 e. The fourth-order valence-electron chi connectivity index (χ4n) is 4.20. The average molecular weight is 522 g/mol. The van der Waals surface area contributed by atoms with Crippen molar-refractivity contribution >= 4 is 29.0 Å². The van der Waals surface area contributed by atoms with Gasteiger partial charge in [0.1, 0.15) is 11.4 Å². The molecule has 0 aliphatic carbocycles. The second-order valence-corrected chi connectivity index (χ2v) is 9.75. The maximum absolute atomic E-state index is 13.5. The van der Waals surface area contributed by atoms with E-state index in [9.17, 15) is 23.2 Å². The molecule has 5 rings (SSSR count). The number of carbonyl (C=O) groups excluding carboxylic acids is 2. The molecule has 188 valence electrons. The van der Waals surface area contributed by atoms with Crippen LogP contribution in [0.2, 0.25) is 0 Å². The minimum absolute atomic E-state index is 0.00530. The van der Waals surface area contributed by atoms with Crippen LogP contribution in [0, 0.1) is 11.6 Å². The van der Waals surface area contributed by atoms with Crippen LogP contribution in [0.4, 0.5) is 14.6 Å². The van der Waals surface area contributed by atoms with Gasteiger partial charge in [0.05, 0.1) is 18.7 Å². The molecule has 11 heteroatoms. The van der Waals surface area contributed by atoms with Crippen LogP contribution in [0.1, 0.15) is 47.5 Å². The van der Waals surface area contributed by atoms with E-state index in [1.807, 2.05) is 12.1 Å². The van der Waals surface area contributed by atoms with E-state index in [1.165, 1.54) is 40.4 Å². The molecule has 0 spiro atoms. The van der Waals surface area contributed by atoms with Crippen molar-refractivity contribution in [2.75, 3.05) is 11.9 Å². The monoisotopic (exact) mass is 521 g/mol. The Labute approximate surface area is 213 Å². The maximum Gasteiger partial charge on any atom is 0.263 e. The molecule has 0 bridgehead atoms. The van der Waals surface area contributed by atoms with Gasteiger partial charge in [0, 0.05) is 40.2 Å². The molecule has 0 fully saturated rings. The number of fused-ring (bicyclic) bond motifs is 1. The zero-order valence-electron chi connectivity index (χ0n) is 19.3. The quantitative estimate of drug-likeness (QED) is 0.345. The number of carbonyl (C=O) groups is 2. The first-order chi connectivity index (χ1) is 17.8. The summed E-state index contributed by atoms with van der Waals surface area (Å²) in [4.78, 5) is 43.4. The molecule has 4 N–H and O–H groups in total. The molecule has 1 aromatic carbocycles. The number of amides is 2. The van der Waals surface area contributed by atoms with Crippen LogP contribution < -0.4 is 21.9 Å². The van der Waals surface area contributed by atoms with Crippen LogP contribution >= 0.6 is 11.3 Å². The highest BCUT2D eigenvalue weighted by atomic mass is 32.1. The van der Waals surface area contributed by atoms with Crippen LogP contribution in [0.25, 0.3) is 0 Å². The lowest BCUT2D eigenvalue weighted by Crippen LogP contribution is -2.32. The predicted octanol–water partition coefficient (Wildman–Crippen LogP) is 3.22. The van der Waals surface area contributed by atoms with Gasteiger partial charge in [0.2, 0.25) is 5.91 Å². The van der Waals surface area contributed by atoms with Crippen LogP contribution in [0.15, 0.2) is 65.7 Å². The Morgan fingerprint density at radius 1 is 1.16 bits per heavy atom. The fourth-order valence-corrected chi connectivity index (χ4v) is 5.27. The van der Waals surface area contributed by atoms with E-state index >= 15 is 0 Å². The second-order valence-electron chi connectivity index (χ2n) is 8.55. The van der Waals surface area contributed by atoms with Crippen molar-refractivity contribution in [1.82, 2.24) is 14.9 Å². The topological polar surface area (TPSA) is 119 Å². The SMILES string of the molecule is NC(=O)c1cnc2c(c1)C(c1ccc(CNC(=O)c3cccn(Cc4ccc(F)c(F)c4)c3=O)s1)CN2. The summed E-state index contributed by atoms with van der Waals surface area (Å²) in [5.74, 6) is -2.35. The van der Waals surface area contributed by atoms with Crippen LogP contribution in [-0.2, 0) is 13.1 Å². The molecule has 0 saturated carbocycles. The van der Waals surface area contributed by atoms with E-state index in [0.717, 1.165) is 27.5 Å². The number of halogens is 2. The summed E-state index contributed by atoms with van der Waals surface area (Å²) in [7, 11) is 0. The molecule has 2 amide bonds. The molecule has 4 heterocycles. The first kappa shape index (κ1) is 24.3. The number of nitrogens with zero attached hydrogens (tertiary/aromatic N) is 2. The molecular formula is C26H21F2N5O3S. The van der Waals surface area contributed by atoms with Gasteiger partial charge >= 0.3 is 0 Å². The first-order valence-corrected chi connectivity index (χ1v) is 12.2. The highest BCUT2D eigenvalue weighted by molar-refractivity contribution is 7.12. The number of thiophene rings is 1. The third kappa shape index (κ3) is 4.98. The molecule has 4 aromatic rings. The van der Waals surface area contributed by atoms with Crippen LogP contribution in [0.5, 0.6) is 0 Å². The molecule has 8 nitrogen and oxygen atoms in total. The normalized spacial score (nSPS) is 14.2. The van der Waals surface area contributed by atoms with E-state index < -0.39 is 29.0 Å². The van der Waals surface area contributed by atoms with E-state index in [4.69, 9.17) is 5.73 Å². The lowest BCUT2D eigenvalue weighted by molar-refractivity contribution is 0.0948. The summed E-state index contributed by atoms with van der Waals surface area (Å²) in [5, 5.41) is 6.00. The zero-order valence-corrected chi connectivity index (χ0v) is 20.1. The third-order valence-electron chi connectivity index (χ3n) is 6.10. The van der Waals surface area contributed by atoms with Gasteiger partial charge < -0.3 is 20.9 Å². The molecule has 1 unspecified atom stereocenters. The first-order valence-electron chi connectivity index (χ1n) is 11.3. The summed E-state index contributed by atoms with van der Waals surface area (Å²) in [5.41, 5.74) is 6.42.